The van der Waals surface area contributed by atoms with Crippen LogP contribution in [0.25, 0.3) is 5.69 Å². The highest BCUT2D eigenvalue weighted by atomic mass is 32.1. The second-order valence-corrected chi connectivity index (χ2v) is 10.1. The Bertz CT molecular complexity index is 1420. The molecule has 0 spiro atoms. The number of hydrogen-bond donors (Lipinski definition) is 2. The summed E-state index contributed by atoms with van der Waals surface area (Å²) in [4.78, 5) is 21.7. The quantitative estimate of drug-likeness (QED) is 0.307. The summed E-state index contributed by atoms with van der Waals surface area (Å²) in [5.41, 5.74) is 6.08. The predicted octanol–water partition coefficient (Wildman–Crippen LogP) is 5.25. The number of nitrogens with one attached hydrogen (secondary N) is 2. The van der Waals surface area contributed by atoms with Crippen LogP contribution in [0.4, 0.5) is 11.4 Å². The zero-order valence-corrected chi connectivity index (χ0v) is 22.7. The first-order valence-electron chi connectivity index (χ1n) is 12.7. The molecule has 7 nitrogen and oxygen atoms in total. The molecule has 1 saturated heterocycles. The van der Waals surface area contributed by atoms with E-state index in [1.165, 1.54) is 0 Å². The Hall–Kier alpha value is -4.17. The van der Waals surface area contributed by atoms with Crippen LogP contribution in [0.2, 0.25) is 0 Å². The Kier molecular flexibility index (Phi) is 7.42. The molecule has 0 saturated carbocycles. The third-order valence-corrected chi connectivity index (χ3v) is 7.16. The van der Waals surface area contributed by atoms with Gasteiger partial charge in [0, 0.05) is 62.2 Å². The number of carbonyl (C=O) groups excluding carboxylic acids is 1. The van der Waals surface area contributed by atoms with Crippen LogP contribution in [0.5, 0.6) is 0 Å². The van der Waals surface area contributed by atoms with E-state index in [4.69, 9.17) is 12.2 Å². The summed E-state index contributed by atoms with van der Waals surface area (Å²) in [6, 6.07) is 26.1. The van der Waals surface area contributed by atoms with E-state index in [1.807, 2.05) is 63.5 Å². The Morgan fingerprint density at radius 3 is 2.58 bits per heavy atom. The first-order chi connectivity index (χ1) is 18.4. The number of benzene rings is 2. The van der Waals surface area contributed by atoms with Gasteiger partial charge in [-0.2, -0.15) is 0 Å². The fourth-order valence-corrected chi connectivity index (χ4v) is 5.25. The van der Waals surface area contributed by atoms with E-state index in [2.05, 4.69) is 72.6 Å². The monoisotopic (exact) mass is 524 g/mol. The molecule has 0 radical (unpaired) electrons. The molecule has 3 heterocycles. The molecular weight excluding hydrogens is 492 g/mol. The maximum Gasteiger partial charge on any atom is 0.226 e. The van der Waals surface area contributed by atoms with Crippen LogP contribution in [0.3, 0.4) is 0 Å². The van der Waals surface area contributed by atoms with Crippen molar-refractivity contribution in [1.82, 2.24) is 19.8 Å². The number of aromatic nitrogens is 2. The number of rotatable bonds is 8. The lowest BCUT2D eigenvalue weighted by atomic mass is 10.0. The zero-order valence-electron chi connectivity index (χ0n) is 21.8. The maximum absolute atomic E-state index is 12.9. The van der Waals surface area contributed by atoms with Gasteiger partial charge in [0.15, 0.2) is 5.11 Å². The largest absolute Gasteiger partial charge is 0.378 e. The second kappa shape index (κ2) is 11.1. The van der Waals surface area contributed by atoms with Gasteiger partial charge in [-0.3, -0.25) is 9.78 Å². The molecule has 2 aromatic heterocycles. The van der Waals surface area contributed by atoms with Gasteiger partial charge in [-0.25, -0.2) is 0 Å². The van der Waals surface area contributed by atoms with E-state index in [9.17, 15) is 4.79 Å². The van der Waals surface area contributed by atoms with Gasteiger partial charge < -0.3 is 25.0 Å². The van der Waals surface area contributed by atoms with Crippen molar-refractivity contribution in [3.05, 3.63) is 108 Å². The van der Waals surface area contributed by atoms with Gasteiger partial charge in [0.1, 0.15) is 0 Å². The zero-order chi connectivity index (χ0) is 26.6. The fraction of sp³-hybridized carbons (Fsp3) is 0.233. The summed E-state index contributed by atoms with van der Waals surface area (Å²) >= 11 is 5.81. The summed E-state index contributed by atoms with van der Waals surface area (Å²) < 4.78 is 2.19. The van der Waals surface area contributed by atoms with Gasteiger partial charge in [-0.05, 0) is 85.4 Å². The highest BCUT2D eigenvalue weighted by Crippen LogP contribution is 2.39. The topological polar surface area (TPSA) is 65.4 Å². The third kappa shape index (κ3) is 5.40. The molecule has 1 aliphatic heterocycles. The molecule has 2 atom stereocenters. The smallest absolute Gasteiger partial charge is 0.226 e. The molecule has 1 aliphatic rings. The minimum absolute atomic E-state index is 0.0481. The van der Waals surface area contributed by atoms with Crippen LogP contribution in [0, 0.1) is 6.92 Å². The van der Waals surface area contributed by atoms with E-state index in [0.29, 0.717) is 18.1 Å². The standard InChI is InChI=1S/C30H32N6OS/c1-21-8-6-9-22(20-21)32-27(37)16-19-36-29(28(33-30(36)38)25-10-4-5-17-31-25)26-11-7-18-35(26)24-14-12-23(13-15-24)34(2)3/h4-15,17-18,20,28-29H,16,19H2,1-3H3,(H,32,37)(H,33,38)/t28-,29+/m0/s1. The summed E-state index contributed by atoms with van der Waals surface area (Å²) in [6.45, 7) is 2.48. The summed E-state index contributed by atoms with van der Waals surface area (Å²) in [5.74, 6) is -0.0481. The van der Waals surface area contributed by atoms with Crippen molar-refractivity contribution in [1.29, 1.82) is 0 Å². The molecule has 2 N–H and O–H groups in total. The lowest BCUT2D eigenvalue weighted by Gasteiger charge is -2.29. The first kappa shape index (κ1) is 25.5. The molecule has 4 aromatic rings. The molecule has 2 aromatic carbocycles. The van der Waals surface area contributed by atoms with Crippen LogP contribution >= 0.6 is 12.2 Å². The average Bonchev–Trinajstić information content (AvgIpc) is 3.52. The van der Waals surface area contributed by atoms with Crippen molar-refractivity contribution >= 4 is 34.6 Å². The molecular formula is C30H32N6OS. The van der Waals surface area contributed by atoms with E-state index in [-0.39, 0.29) is 18.0 Å². The van der Waals surface area contributed by atoms with Crippen LogP contribution in [0.1, 0.15) is 35.5 Å². The summed E-state index contributed by atoms with van der Waals surface area (Å²) in [7, 11) is 4.07. The Labute approximate surface area is 229 Å². The van der Waals surface area contributed by atoms with Gasteiger partial charge >= 0.3 is 0 Å². The second-order valence-electron chi connectivity index (χ2n) is 9.70. The van der Waals surface area contributed by atoms with Crippen LogP contribution < -0.4 is 15.5 Å². The third-order valence-electron chi connectivity index (χ3n) is 6.81. The first-order valence-corrected chi connectivity index (χ1v) is 13.1. The normalized spacial score (nSPS) is 16.8. The number of aryl methyl sites for hydroxylation is 1. The molecule has 1 fully saturated rings. The summed E-state index contributed by atoms with van der Waals surface area (Å²) in [6.07, 6.45) is 4.17. The van der Waals surface area contributed by atoms with Gasteiger partial charge in [0.05, 0.1) is 17.8 Å². The van der Waals surface area contributed by atoms with Crippen LogP contribution in [-0.4, -0.2) is 46.1 Å². The highest BCUT2D eigenvalue weighted by Gasteiger charge is 2.41. The number of anilines is 2. The Morgan fingerprint density at radius 1 is 1.05 bits per heavy atom. The van der Waals surface area contributed by atoms with E-state index in [0.717, 1.165) is 34.0 Å². The van der Waals surface area contributed by atoms with Crippen molar-refractivity contribution in [3.63, 3.8) is 0 Å². The minimum Gasteiger partial charge on any atom is -0.378 e. The Morgan fingerprint density at radius 2 is 1.87 bits per heavy atom. The van der Waals surface area contributed by atoms with Gasteiger partial charge in [0.25, 0.3) is 0 Å². The number of hydrogen-bond acceptors (Lipinski definition) is 4. The van der Waals surface area contributed by atoms with Gasteiger partial charge in [0.2, 0.25) is 5.91 Å². The Balaban J connectivity index is 1.44. The lowest BCUT2D eigenvalue weighted by molar-refractivity contribution is -0.116. The maximum atomic E-state index is 12.9. The molecule has 0 unspecified atom stereocenters. The number of pyridine rings is 1. The fourth-order valence-electron chi connectivity index (χ4n) is 4.92. The van der Waals surface area contributed by atoms with Crippen molar-refractivity contribution in [2.45, 2.75) is 25.4 Å². The molecule has 0 bridgehead atoms. The lowest BCUT2D eigenvalue weighted by Crippen LogP contribution is -2.33. The summed E-state index contributed by atoms with van der Waals surface area (Å²) in [5, 5.41) is 7.12. The van der Waals surface area contributed by atoms with Crippen molar-refractivity contribution < 1.29 is 4.79 Å². The highest BCUT2D eigenvalue weighted by molar-refractivity contribution is 7.80. The van der Waals surface area contributed by atoms with Crippen molar-refractivity contribution in [3.8, 4) is 5.69 Å². The van der Waals surface area contributed by atoms with Crippen LogP contribution in [-0.2, 0) is 4.79 Å². The van der Waals surface area contributed by atoms with E-state index >= 15 is 0 Å². The van der Waals surface area contributed by atoms with Crippen molar-refractivity contribution in [2.75, 3.05) is 30.9 Å². The van der Waals surface area contributed by atoms with Crippen LogP contribution in [0.15, 0.2) is 91.3 Å². The van der Waals surface area contributed by atoms with E-state index < -0.39 is 0 Å². The number of thiocarbonyl (C=S) groups is 1. The molecule has 194 valence electrons. The van der Waals surface area contributed by atoms with Crippen molar-refractivity contribution in [2.24, 2.45) is 0 Å². The van der Waals surface area contributed by atoms with E-state index in [1.54, 1.807) is 6.20 Å². The molecule has 38 heavy (non-hydrogen) atoms. The molecule has 5 rings (SSSR count). The number of carbonyl (C=O) groups is 1. The van der Waals surface area contributed by atoms with Gasteiger partial charge in [-0.1, -0.05) is 18.2 Å². The average molecular weight is 525 g/mol. The SMILES string of the molecule is Cc1cccc(NC(=O)CCN2C(=S)N[C@@H](c3ccccn3)[C@H]2c2cccn2-c2ccc(N(C)C)cc2)c1. The molecule has 8 heteroatoms. The minimum atomic E-state index is -0.154. The number of amides is 1. The molecule has 0 aliphatic carbocycles. The van der Waals surface area contributed by atoms with Gasteiger partial charge in [-0.15, -0.1) is 0 Å². The molecule has 1 amide bonds. The predicted molar refractivity (Wildman–Crippen MR) is 157 cm³/mol. The number of nitrogens with zero attached hydrogens (tertiary/aromatic N) is 4.